The Labute approximate surface area is 204 Å². The maximum absolute atomic E-state index is 13.0. The molecule has 1 aliphatic rings. The molecule has 196 valence electrons. The van der Waals surface area contributed by atoms with E-state index in [0.29, 0.717) is 11.0 Å². The smallest absolute Gasteiger partial charge is 0.475 e. The fourth-order valence-electron chi connectivity index (χ4n) is 4.03. The second kappa shape index (κ2) is 10.9. The van der Waals surface area contributed by atoms with E-state index in [1.165, 1.54) is 10.4 Å². The molecular weight excluding hydrogens is 509 g/mol. The van der Waals surface area contributed by atoms with Crippen LogP contribution in [0.5, 0.6) is 0 Å². The number of aromatic amines is 1. The molecule has 2 heterocycles. The van der Waals surface area contributed by atoms with Gasteiger partial charge in [0.2, 0.25) is 10.0 Å². The lowest BCUT2D eigenvalue weighted by molar-refractivity contribution is -0.192. The SMILES string of the molecule is CN(C1CCCCC1)S(=O)(=O)c1ccc(-c2ccnc3[nH]c(C(F)F)cc23)cc1.O=C(O)C(F)(F)F. The Kier molecular flexibility index (Phi) is 8.34. The fourth-order valence-corrected chi connectivity index (χ4v) is 5.45. The number of carbonyl (C=O) groups is 1. The number of nitrogens with zero attached hydrogens (tertiary/aromatic N) is 2. The van der Waals surface area contributed by atoms with Crippen LogP contribution in [0.4, 0.5) is 22.0 Å². The van der Waals surface area contributed by atoms with Crippen LogP contribution in [0, 0.1) is 0 Å². The number of aliphatic carboxylic acids is 1. The molecule has 1 saturated carbocycles. The predicted molar refractivity (Wildman–Crippen MR) is 122 cm³/mol. The molecule has 0 bridgehead atoms. The predicted octanol–water partition coefficient (Wildman–Crippen LogP) is 5.75. The summed E-state index contributed by atoms with van der Waals surface area (Å²) < 4.78 is 85.3. The lowest BCUT2D eigenvalue weighted by Gasteiger charge is -2.30. The molecule has 36 heavy (non-hydrogen) atoms. The van der Waals surface area contributed by atoms with Gasteiger partial charge in [0.25, 0.3) is 6.43 Å². The van der Waals surface area contributed by atoms with E-state index in [-0.39, 0.29) is 16.6 Å². The molecule has 0 aliphatic heterocycles. The van der Waals surface area contributed by atoms with Crippen molar-refractivity contribution in [3.05, 3.63) is 48.3 Å². The van der Waals surface area contributed by atoms with E-state index in [9.17, 15) is 30.4 Å². The van der Waals surface area contributed by atoms with Gasteiger partial charge < -0.3 is 10.1 Å². The van der Waals surface area contributed by atoms with E-state index in [4.69, 9.17) is 9.90 Å². The van der Waals surface area contributed by atoms with Crippen molar-refractivity contribution in [2.24, 2.45) is 0 Å². The highest BCUT2D eigenvalue weighted by atomic mass is 32.2. The van der Waals surface area contributed by atoms with Crippen molar-refractivity contribution in [3.63, 3.8) is 0 Å². The first kappa shape index (κ1) is 27.5. The highest BCUT2D eigenvalue weighted by Gasteiger charge is 2.38. The average molecular weight is 534 g/mol. The minimum absolute atomic E-state index is 0.0425. The Morgan fingerprint density at radius 3 is 2.22 bits per heavy atom. The van der Waals surface area contributed by atoms with E-state index in [1.54, 1.807) is 43.6 Å². The number of hydrogen-bond acceptors (Lipinski definition) is 4. The first-order chi connectivity index (χ1) is 16.8. The molecule has 1 aromatic carbocycles. The number of fused-ring (bicyclic) bond motifs is 1. The fraction of sp³-hybridized carbons (Fsp3) is 0.391. The Hall–Kier alpha value is -3.06. The molecule has 2 N–H and O–H groups in total. The van der Waals surface area contributed by atoms with Crippen molar-refractivity contribution in [2.75, 3.05) is 7.05 Å². The Morgan fingerprint density at radius 2 is 1.69 bits per heavy atom. The van der Waals surface area contributed by atoms with E-state index in [0.717, 1.165) is 43.2 Å². The first-order valence-electron chi connectivity index (χ1n) is 11.0. The summed E-state index contributed by atoms with van der Waals surface area (Å²) in [5.41, 5.74) is 1.67. The molecule has 3 aromatic rings. The Balaban J connectivity index is 0.000000454. The molecule has 2 aromatic heterocycles. The van der Waals surface area contributed by atoms with Crippen LogP contribution in [0.2, 0.25) is 0 Å². The van der Waals surface area contributed by atoms with Crippen molar-refractivity contribution < 1.29 is 40.3 Å². The van der Waals surface area contributed by atoms with E-state index in [1.807, 2.05) is 0 Å². The molecule has 1 aliphatic carbocycles. The van der Waals surface area contributed by atoms with Gasteiger partial charge in [-0.1, -0.05) is 31.4 Å². The third kappa shape index (κ3) is 6.19. The number of pyridine rings is 1. The molecule has 0 unspecified atom stereocenters. The van der Waals surface area contributed by atoms with Crippen molar-refractivity contribution in [2.45, 2.75) is 55.6 Å². The van der Waals surface area contributed by atoms with E-state index >= 15 is 0 Å². The third-order valence-electron chi connectivity index (χ3n) is 5.96. The Bertz CT molecular complexity index is 1300. The van der Waals surface area contributed by atoms with Crippen molar-refractivity contribution in [1.29, 1.82) is 0 Å². The average Bonchev–Trinajstić information content (AvgIpc) is 3.29. The van der Waals surface area contributed by atoms with Crippen molar-refractivity contribution in [3.8, 4) is 11.1 Å². The number of rotatable bonds is 5. The number of carboxylic acids is 1. The normalized spacial score (nSPS) is 15.2. The first-order valence-corrected chi connectivity index (χ1v) is 12.4. The van der Waals surface area contributed by atoms with Gasteiger partial charge in [-0.15, -0.1) is 0 Å². The third-order valence-corrected chi connectivity index (χ3v) is 7.89. The lowest BCUT2D eigenvalue weighted by Crippen LogP contribution is -2.38. The van der Waals surface area contributed by atoms with Gasteiger partial charge in [0, 0.05) is 24.7 Å². The van der Waals surface area contributed by atoms with Gasteiger partial charge in [-0.05, 0) is 48.2 Å². The monoisotopic (exact) mass is 533 g/mol. The lowest BCUT2D eigenvalue weighted by atomic mass is 9.96. The minimum atomic E-state index is -5.08. The molecule has 13 heteroatoms. The van der Waals surface area contributed by atoms with Crippen LogP contribution in [0.3, 0.4) is 0 Å². The zero-order valence-corrected chi connectivity index (χ0v) is 19.9. The van der Waals surface area contributed by atoms with Crippen LogP contribution in [0.1, 0.15) is 44.2 Å². The largest absolute Gasteiger partial charge is 0.490 e. The highest BCUT2D eigenvalue weighted by Crippen LogP contribution is 2.32. The van der Waals surface area contributed by atoms with Crippen LogP contribution in [0.15, 0.2) is 47.5 Å². The number of halogens is 5. The van der Waals surface area contributed by atoms with Gasteiger partial charge in [0.1, 0.15) is 5.65 Å². The molecule has 0 atom stereocenters. The zero-order chi connectivity index (χ0) is 26.7. The quantitative estimate of drug-likeness (QED) is 0.407. The highest BCUT2D eigenvalue weighted by molar-refractivity contribution is 7.89. The summed E-state index contributed by atoms with van der Waals surface area (Å²) in [5.74, 6) is -2.76. The van der Waals surface area contributed by atoms with Crippen LogP contribution in [-0.2, 0) is 14.8 Å². The second-order valence-corrected chi connectivity index (χ2v) is 10.3. The van der Waals surface area contributed by atoms with E-state index < -0.39 is 28.6 Å². The summed E-state index contributed by atoms with van der Waals surface area (Å²) in [6.45, 7) is 0. The van der Waals surface area contributed by atoms with Crippen LogP contribution >= 0.6 is 0 Å². The summed E-state index contributed by atoms with van der Waals surface area (Å²) in [5, 5.41) is 7.71. The topological polar surface area (TPSA) is 103 Å². The number of alkyl halides is 5. The van der Waals surface area contributed by atoms with Gasteiger partial charge in [-0.25, -0.2) is 27.0 Å². The number of hydrogen-bond donors (Lipinski definition) is 2. The van der Waals surface area contributed by atoms with E-state index in [2.05, 4.69) is 9.97 Å². The summed E-state index contributed by atoms with van der Waals surface area (Å²) in [7, 11) is -1.92. The van der Waals surface area contributed by atoms with Crippen LogP contribution in [-0.4, -0.2) is 53.0 Å². The standard InChI is InChI=1S/C21H23F2N3O2S.C2HF3O2/c1-26(15-5-3-2-4-6-15)29(27,28)16-9-7-14(8-10-16)17-11-12-24-21-18(17)13-19(25-21)20(22)23;3-2(4,5)1(6)7/h7-13,15,20H,2-6H2,1H3,(H,24,25);(H,6,7). The molecule has 0 radical (unpaired) electrons. The number of benzene rings is 1. The van der Waals surface area contributed by atoms with Gasteiger partial charge in [0.15, 0.2) is 0 Å². The van der Waals surface area contributed by atoms with Gasteiger partial charge in [0.05, 0.1) is 10.6 Å². The van der Waals surface area contributed by atoms with Crippen molar-refractivity contribution >= 4 is 27.0 Å². The molecule has 7 nitrogen and oxygen atoms in total. The molecule has 1 fully saturated rings. The summed E-state index contributed by atoms with van der Waals surface area (Å²) in [6.07, 6.45) is -1.10. The number of sulfonamides is 1. The summed E-state index contributed by atoms with van der Waals surface area (Å²) in [4.78, 5) is 15.9. The van der Waals surface area contributed by atoms with Crippen LogP contribution in [0.25, 0.3) is 22.2 Å². The second-order valence-electron chi connectivity index (χ2n) is 8.29. The summed E-state index contributed by atoms with van der Waals surface area (Å²) >= 11 is 0. The molecule has 0 saturated heterocycles. The maximum atomic E-state index is 13.0. The summed E-state index contributed by atoms with van der Waals surface area (Å²) in [6, 6.07) is 9.76. The molecule has 0 spiro atoms. The maximum Gasteiger partial charge on any atom is 0.490 e. The number of aromatic nitrogens is 2. The van der Waals surface area contributed by atoms with Gasteiger partial charge in [-0.2, -0.15) is 17.5 Å². The van der Waals surface area contributed by atoms with Crippen molar-refractivity contribution in [1.82, 2.24) is 14.3 Å². The molecule has 4 rings (SSSR count). The van der Waals surface area contributed by atoms with Gasteiger partial charge in [-0.3, -0.25) is 0 Å². The molecule has 0 amide bonds. The number of nitrogens with one attached hydrogen (secondary N) is 1. The Morgan fingerprint density at radius 1 is 1.11 bits per heavy atom. The van der Waals surface area contributed by atoms with Crippen LogP contribution < -0.4 is 0 Å². The number of carboxylic acid groups (broad SMARTS) is 1. The zero-order valence-electron chi connectivity index (χ0n) is 19.1. The number of H-pyrrole nitrogens is 1. The van der Waals surface area contributed by atoms with Gasteiger partial charge >= 0.3 is 12.1 Å². The minimum Gasteiger partial charge on any atom is -0.475 e. The molecular formula is C23H24F5N3O4S.